The van der Waals surface area contributed by atoms with Gasteiger partial charge in [-0.15, -0.1) is 0 Å². The number of aromatic nitrogens is 3. The second-order valence-electron chi connectivity index (χ2n) is 5.69. The first kappa shape index (κ1) is 17.5. The highest BCUT2D eigenvalue weighted by Gasteiger charge is 2.29. The molecule has 1 aliphatic rings. The summed E-state index contributed by atoms with van der Waals surface area (Å²) in [6.07, 6.45) is -2.59. The summed E-state index contributed by atoms with van der Waals surface area (Å²) in [5.74, 6) is 1.38. The Morgan fingerprint density at radius 1 is 1.48 bits per heavy atom. The van der Waals surface area contributed by atoms with Gasteiger partial charge in [-0.1, -0.05) is 0 Å². The van der Waals surface area contributed by atoms with Gasteiger partial charge in [-0.2, -0.15) is 18.3 Å². The van der Waals surface area contributed by atoms with E-state index in [-0.39, 0.29) is 19.1 Å². The third kappa shape index (κ3) is 5.38. The van der Waals surface area contributed by atoms with E-state index in [9.17, 15) is 18.0 Å². The number of amides is 2. The van der Waals surface area contributed by atoms with E-state index < -0.39 is 18.8 Å². The lowest BCUT2D eigenvalue weighted by molar-refractivity contribution is -0.142. The number of hydrogen-bond acceptors (Lipinski definition) is 4. The van der Waals surface area contributed by atoms with Crippen LogP contribution in [-0.2, 0) is 6.54 Å². The predicted octanol–water partition coefficient (Wildman–Crippen LogP) is 1.21. The van der Waals surface area contributed by atoms with Gasteiger partial charge >= 0.3 is 12.2 Å². The van der Waals surface area contributed by atoms with Gasteiger partial charge in [0, 0.05) is 19.6 Å². The summed E-state index contributed by atoms with van der Waals surface area (Å²) >= 11 is 0. The molecule has 1 aliphatic heterocycles. The topological polar surface area (TPSA) is 75.1 Å². The van der Waals surface area contributed by atoms with E-state index in [1.54, 1.807) is 11.6 Å². The number of aryl methyl sites for hydroxylation is 2. The second kappa shape index (κ2) is 7.16. The number of alkyl halides is 3. The van der Waals surface area contributed by atoms with E-state index in [1.165, 1.54) is 7.05 Å². The summed E-state index contributed by atoms with van der Waals surface area (Å²) in [5, 5.41) is 9.61. The minimum absolute atomic E-state index is 0.118. The number of halogens is 3. The van der Waals surface area contributed by atoms with Crippen molar-refractivity contribution in [2.24, 2.45) is 0 Å². The van der Waals surface area contributed by atoms with Crippen molar-refractivity contribution >= 4 is 6.03 Å². The Morgan fingerprint density at radius 2 is 2.22 bits per heavy atom. The first-order valence-electron chi connectivity index (χ1n) is 7.45. The number of rotatable bonds is 5. The van der Waals surface area contributed by atoms with Gasteiger partial charge < -0.3 is 10.6 Å². The van der Waals surface area contributed by atoms with Crippen LogP contribution in [0, 0.1) is 6.92 Å². The van der Waals surface area contributed by atoms with Crippen LogP contribution in [0.2, 0.25) is 0 Å². The first-order valence-corrected chi connectivity index (χ1v) is 7.45. The van der Waals surface area contributed by atoms with Gasteiger partial charge in [-0.05, 0) is 26.8 Å². The molecule has 1 unspecified atom stereocenters. The fourth-order valence-corrected chi connectivity index (χ4v) is 2.56. The van der Waals surface area contributed by atoms with E-state index in [2.05, 4.69) is 20.7 Å². The quantitative estimate of drug-likeness (QED) is 0.849. The van der Waals surface area contributed by atoms with Crippen molar-refractivity contribution in [1.82, 2.24) is 30.3 Å². The fourth-order valence-electron chi connectivity index (χ4n) is 2.56. The smallest absolute Gasteiger partial charge is 0.337 e. The van der Waals surface area contributed by atoms with Crippen molar-refractivity contribution < 1.29 is 18.0 Å². The number of carbonyl (C=O) groups is 1. The van der Waals surface area contributed by atoms with Crippen molar-refractivity contribution in [3.05, 3.63) is 11.6 Å². The third-order valence-electron chi connectivity index (χ3n) is 3.51. The zero-order valence-corrected chi connectivity index (χ0v) is 13.2. The Morgan fingerprint density at radius 3 is 2.91 bits per heavy atom. The molecule has 2 heterocycles. The third-order valence-corrected chi connectivity index (χ3v) is 3.51. The highest BCUT2D eigenvalue weighted by Crippen LogP contribution is 2.22. The van der Waals surface area contributed by atoms with Gasteiger partial charge in [0.15, 0.2) is 0 Å². The SMILES string of the molecule is Cc1nc2n(n1)CCCC2NC(=O)NCCN(C)CC(F)(F)F. The first-order chi connectivity index (χ1) is 10.7. The average molecular weight is 334 g/mol. The summed E-state index contributed by atoms with van der Waals surface area (Å²) in [6.45, 7) is 1.82. The molecular weight excluding hydrogens is 313 g/mol. The van der Waals surface area contributed by atoms with Crippen LogP contribution < -0.4 is 10.6 Å². The standard InChI is InChI=1S/C13H21F3N6O/c1-9-18-11-10(4-3-6-22(11)20-9)19-12(23)17-5-7-21(2)8-13(14,15)16/h10H,3-8H2,1-2H3,(H2,17,19,23). The van der Waals surface area contributed by atoms with Gasteiger partial charge in [0.1, 0.15) is 11.6 Å². The van der Waals surface area contributed by atoms with Gasteiger partial charge in [0.05, 0.1) is 12.6 Å². The molecule has 0 aliphatic carbocycles. The molecule has 7 nitrogen and oxygen atoms in total. The lowest BCUT2D eigenvalue weighted by Gasteiger charge is -2.23. The van der Waals surface area contributed by atoms with E-state index in [0.717, 1.165) is 30.1 Å². The molecule has 1 aromatic rings. The molecule has 0 radical (unpaired) electrons. The minimum atomic E-state index is -4.24. The fraction of sp³-hybridized carbons (Fsp3) is 0.769. The van der Waals surface area contributed by atoms with Gasteiger partial charge in [-0.3, -0.25) is 4.90 Å². The van der Waals surface area contributed by atoms with Crippen LogP contribution >= 0.6 is 0 Å². The number of hydrogen-bond donors (Lipinski definition) is 2. The van der Waals surface area contributed by atoms with E-state index in [4.69, 9.17) is 0 Å². The van der Waals surface area contributed by atoms with E-state index >= 15 is 0 Å². The number of fused-ring (bicyclic) bond motifs is 1. The molecule has 2 N–H and O–H groups in total. The molecule has 0 saturated carbocycles. The highest BCUT2D eigenvalue weighted by atomic mass is 19.4. The predicted molar refractivity (Wildman–Crippen MR) is 76.8 cm³/mol. The van der Waals surface area contributed by atoms with Crippen molar-refractivity contribution in [2.45, 2.75) is 38.5 Å². The van der Waals surface area contributed by atoms with Crippen LogP contribution in [-0.4, -0.2) is 58.6 Å². The molecular formula is C13H21F3N6O. The molecule has 0 bridgehead atoms. The minimum Gasteiger partial charge on any atom is -0.337 e. The number of likely N-dealkylation sites (N-methyl/N-ethyl adjacent to an activating group) is 1. The molecule has 130 valence electrons. The Labute approximate surface area is 132 Å². The molecule has 1 atom stereocenters. The van der Waals surface area contributed by atoms with Crippen LogP contribution in [0.15, 0.2) is 0 Å². The molecule has 0 fully saturated rings. The summed E-state index contributed by atoms with van der Waals surface area (Å²) in [6, 6.07) is -0.637. The van der Waals surface area contributed by atoms with Crippen LogP contribution in [0.5, 0.6) is 0 Å². The van der Waals surface area contributed by atoms with Gasteiger partial charge in [0.2, 0.25) is 0 Å². The van der Waals surface area contributed by atoms with Gasteiger partial charge in [-0.25, -0.2) is 14.5 Å². The number of nitrogens with zero attached hydrogens (tertiary/aromatic N) is 4. The summed E-state index contributed by atoms with van der Waals surface area (Å²) in [7, 11) is 1.36. The molecule has 2 rings (SSSR count). The Hall–Kier alpha value is -1.84. The maximum absolute atomic E-state index is 12.2. The van der Waals surface area contributed by atoms with Crippen molar-refractivity contribution in [3.63, 3.8) is 0 Å². The normalized spacial score (nSPS) is 17.9. The lowest BCUT2D eigenvalue weighted by atomic mass is 10.1. The van der Waals surface area contributed by atoms with Crippen molar-refractivity contribution in [3.8, 4) is 0 Å². The number of carbonyl (C=O) groups excluding carboxylic acids is 1. The number of urea groups is 1. The zero-order valence-electron chi connectivity index (χ0n) is 13.2. The zero-order chi connectivity index (χ0) is 17.0. The molecule has 0 spiro atoms. The monoisotopic (exact) mass is 334 g/mol. The molecule has 0 saturated heterocycles. The average Bonchev–Trinajstić information content (AvgIpc) is 2.78. The molecule has 10 heteroatoms. The second-order valence-corrected chi connectivity index (χ2v) is 5.69. The maximum atomic E-state index is 12.2. The number of nitrogens with one attached hydrogen (secondary N) is 2. The highest BCUT2D eigenvalue weighted by molar-refractivity contribution is 5.74. The van der Waals surface area contributed by atoms with Crippen molar-refractivity contribution in [2.75, 3.05) is 26.7 Å². The lowest BCUT2D eigenvalue weighted by Crippen LogP contribution is -2.43. The van der Waals surface area contributed by atoms with Crippen LogP contribution in [0.1, 0.15) is 30.5 Å². The molecule has 0 aromatic carbocycles. The Kier molecular flexibility index (Phi) is 5.45. The van der Waals surface area contributed by atoms with Crippen molar-refractivity contribution in [1.29, 1.82) is 0 Å². The Balaban J connectivity index is 1.76. The Bertz CT molecular complexity index is 544. The van der Waals surface area contributed by atoms with Gasteiger partial charge in [0.25, 0.3) is 0 Å². The molecule has 2 amide bonds. The summed E-state index contributed by atoms with van der Waals surface area (Å²) in [5.41, 5.74) is 0. The van der Waals surface area contributed by atoms with Crippen LogP contribution in [0.4, 0.5) is 18.0 Å². The molecule has 1 aromatic heterocycles. The summed E-state index contributed by atoms with van der Waals surface area (Å²) in [4.78, 5) is 17.3. The van der Waals surface area contributed by atoms with E-state index in [0.29, 0.717) is 5.82 Å². The van der Waals surface area contributed by atoms with Crippen LogP contribution in [0.25, 0.3) is 0 Å². The maximum Gasteiger partial charge on any atom is 0.401 e. The largest absolute Gasteiger partial charge is 0.401 e. The van der Waals surface area contributed by atoms with E-state index in [1.807, 2.05) is 0 Å². The molecule has 23 heavy (non-hydrogen) atoms. The summed E-state index contributed by atoms with van der Waals surface area (Å²) < 4.78 is 38.3. The van der Waals surface area contributed by atoms with Crippen LogP contribution in [0.3, 0.4) is 0 Å².